The van der Waals surface area contributed by atoms with Crippen LogP contribution in [0, 0.1) is 5.92 Å². The Morgan fingerprint density at radius 2 is 2.19 bits per heavy atom. The van der Waals surface area contributed by atoms with Crippen LogP contribution in [0.2, 0.25) is 0 Å². The monoisotopic (exact) mass is 283 g/mol. The summed E-state index contributed by atoms with van der Waals surface area (Å²) >= 11 is 3.38. The van der Waals surface area contributed by atoms with Crippen LogP contribution in [-0.4, -0.2) is 33.7 Å². The number of nitrogens with zero attached hydrogens (tertiary/aromatic N) is 3. The van der Waals surface area contributed by atoms with Gasteiger partial charge in [0.2, 0.25) is 5.91 Å². The SMILES string of the molecule is O=C(C1CCC1)N1CC(n2cc(Br)cn2)C1. The quantitative estimate of drug-likeness (QED) is 0.831. The summed E-state index contributed by atoms with van der Waals surface area (Å²) in [6.45, 7) is 1.65. The minimum Gasteiger partial charge on any atom is -0.338 e. The first-order valence-electron chi connectivity index (χ1n) is 5.72. The smallest absolute Gasteiger partial charge is 0.225 e. The van der Waals surface area contributed by atoms with Crippen LogP contribution < -0.4 is 0 Å². The lowest BCUT2D eigenvalue weighted by Gasteiger charge is -2.42. The molecule has 0 aromatic carbocycles. The van der Waals surface area contributed by atoms with Gasteiger partial charge < -0.3 is 4.90 Å². The average molecular weight is 284 g/mol. The van der Waals surface area contributed by atoms with E-state index in [0.717, 1.165) is 30.4 Å². The number of aromatic nitrogens is 2. The highest BCUT2D eigenvalue weighted by molar-refractivity contribution is 9.10. The average Bonchev–Trinajstić information content (AvgIpc) is 2.45. The van der Waals surface area contributed by atoms with Crippen molar-refractivity contribution in [3.8, 4) is 0 Å². The molecule has 0 N–H and O–H groups in total. The molecule has 4 nitrogen and oxygen atoms in total. The van der Waals surface area contributed by atoms with Gasteiger partial charge in [-0.25, -0.2) is 0 Å². The molecular weight excluding hydrogens is 270 g/mol. The maximum atomic E-state index is 11.9. The van der Waals surface area contributed by atoms with Crippen molar-refractivity contribution in [2.24, 2.45) is 5.92 Å². The van der Waals surface area contributed by atoms with E-state index in [9.17, 15) is 4.79 Å². The predicted molar refractivity (Wildman–Crippen MR) is 62.9 cm³/mol. The van der Waals surface area contributed by atoms with Crippen molar-refractivity contribution < 1.29 is 4.79 Å². The van der Waals surface area contributed by atoms with E-state index >= 15 is 0 Å². The van der Waals surface area contributed by atoms with Gasteiger partial charge in [-0.1, -0.05) is 6.42 Å². The molecule has 1 aromatic rings. The first-order valence-corrected chi connectivity index (χ1v) is 6.52. The molecular formula is C11H14BrN3O. The first kappa shape index (κ1) is 10.3. The molecule has 0 unspecified atom stereocenters. The molecule has 2 heterocycles. The zero-order valence-corrected chi connectivity index (χ0v) is 10.6. The molecule has 3 rings (SSSR count). The Morgan fingerprint density at radius 3 is 2.69 bits per heavy atom. The number of carbonyl (C=O) groups is 1. The number of hydrogen-bond donors (Lipinski definition) is 0. The largest absolute Gasteiger partial charge is 0.338 e. The van der Waals surface area contributed by atoms with Gasteiger partial charge in [-0.05, 0) is 28.8 Å². The number of amides is 1. The van der Waals surface area contributed by atoms with E-state index in [1.165, 1.54) is 6.42 Å². The van der Waals surface area contributed by atoms with Crippen molar-refractivity contribution in [1.29, 1.82) is 0 Å². The highest BCUT2D eigenvalue weighted by Crippen LogP contribution is 2.32. The Bertz CT molecular complexity index is 407. The van der Waals surface area contributed by atoms with Crippen LogP contribution in [0.5, 0.6) is 0 Å². The van der Waals surface area contributed by atoms with Crippen molar-refractivity contribution >= 4 is 21.8 Å². The fourth-order valence-electron chi connectivity index (χ4n) is 2.23. The summed E-state index contributed by atoms with van der Waals surface area (Å²) in [5, 5.41) is 4.24. The summed E-state index contributed by atoms with van der Waals surface area (Å²) in [6, 6.07) is 0.371. The van der Waals surface area contributed by atoms with Gasteiger partial charge in [0, 0.05) is 25.2 Å². The molecule has 0 atom stereocenters. The van der Waals surface area contributed by atoms with Gasteiger partial charge in [-0.2, -0.15) is 5.10 Å². The molecule has 0 radical (unpaired) electrons. The summed E-state index contributed by atoms with van der Waals surface area (Å²) in [5.74, 6) is 0.680. The van der Waals surface area contributed by atoms with Gasteiger partial charge in [-0.15, -0.1) is 0 Å². The van der Waals surface area contributed by atoms with Gasteiger partial charge in [0.15, 0.2) is 0 Å². The van der Waals surface area contributed by atoms with Crippen LogP contribution in [0.25, 0.3) is 0 Å². The fraction of sp³-hybridized carbons (Fsp3) is 0.636. The molecule has 86 valence electrons. The third kappa shape index (κ3) is 1.67. The third-order valence-electron chi connectivity index (χ3n) is 3.57. The molecule has 1 aliphatic heterocycles. The van der Waals surface area contributed by atoms with E-state index in [0.29, 0.717) is 17.9 Å². The van der Waals surface area contributed by atoms with Gasteiger partial charge in [0.05, 0.1) is 16.7 Å². The molecule has 2 fully saturated rings. The summed E-state index contributed by atoms with van der Waals surface area (Å²) in [7, 11) is 0. The number of halogens is 1. The van der Waals surface area contributed by atoms with Crippen LogP contribution in [0.1, 0.15) is 25.3 Å². The summed E-state index contributed by atoms with van der Waals surface area (Å²) in [6.07, 6.45) is 7.16. The van der Waals surface area contributed by atoms with Crippen molar-refractivity contribution in [1.82, 2.24) is 14.7 Å². The highest BCUT2D eigenvalue weighted by Gasteiger charge is 2.37. The first-order chi connectivity index (χ1) is 7.74. The maximum absolute atomic E-state index is 11.9. The Labute approximate surface area is 103 Å². The standard InChI is InChI=1S/C11H14BrN3O/c12-9-4-13-15(5-9)10-6-14(7-10)11(16)8-2-1-3-8/h4-5,8,10H,1-3,6-7H2. The van der Waals surface area contributed by atoms with Gasteiger partial charge >= 0.3 is 0 Å². The molecule has 1 aliphatic carbocycles. The van der Waals surface area contributed by atoms with Crippen LogP contribution in [0.15, 0.2) is 16.9 Å². The number of hydrogen-bond acceptors (Lipinski definition) is 2. The van der Waals surface area contributed by atoms with Crippen LogP contribution in [-0.2, 0) is 4.79 Å². The van der Waals surface area contributed by atoms with Crippen LogP contribution >= 0.6 is 15.9 Å². The van der Waals surface area contributed by atoms with Crippen molar-refractivity contribution in [3.05, 3.63) is 16.9 Å². The highest BCUT2D eigenvalue weighted by atomic mass is 79.9. The minimum absolute atomic E-state index is 0.324. The molecule has 0 spiro atoms. The van der Waals surface area contributed by atoms with Gasteiger partial charge in [0.1, 0.15) is 0 Å². The summed E-state index contributed by atoms with van der Waals surface area (Å²) in [5.41, 5.74) is 0. The lowest BCUT2D eigenvalue weighted by Crippen LogP contribution is -2.53. The molecule has 1 saturated heterocycles. The zero-order valence-electron chi connectivity index (χ0n) is 8.97. The van der Waals surface area contributed by atoms with Crippen LogP contribution in [0.4, 0.5) is 0 Å². The Balaban J connectivity index is 1.56. The fourth-order valence-corrected chi connectivity index (χ4v) is 2.53. The number of carbonyl (C=O) groups excluding carboxylic acids is 1. The zero-order chi connectivity index (χ0) is 11.1. The van der Waals surface area contributed by atoms with E-state index in [-0.39, 0.29) is 0 Å². The normalized spacial score (nSPS) is 21.7. The van der Waals surface area contributed by atoms with Crippen molar-refractivity contribution in [2.45, 2.75) is 25.3 Å². The van der Waals surface area contributed by atoms with E-state index in [4.69, 9.17) is 0 Å². The molecule has 2 aliphatic rings. The summed E-state index contributed by atoms with van der Waals surface area (Å²) < 4.78 is 2.94. The second-order valence-electron chi connectivity index (χ2n) is 4.66. The Kier molecular flexibility index (Phi) is 2.50. The molecule has 0 bridgehead atoms. The van der Waals surface area contributed by atoms with Crippen molar-refractivity contribution in [2.75, 3.05) is 13.1 Å². The van der Waals surface area contributed by atoms with E-state index < -0.39 is 0 Å². The third-order valence-corrected chi connectivity index (χ3v) is 3.98. The second kappa shape index (κ2) is 3.87. The maximum Gasteiger partial charge on any atom is 0.225 e. The van der Waals surface area contributed by atoms with E-state index in [1.807, 2.05) is 15.8 Å². The minimum atomic E-state index is 0.324. The molecule has 16 heavy (non-hydrogen) atoms. The van der Waals surface area contributed by atoms with Gasteiger partial charge in [-0.3, -0.25) is 9.48 Å². The topological polar surface area (TPSA) is 38.1 Å². The molecule has 5 heteroatoms. The predicted octanol–water partition coefficient (Wildman–Crippen LogP) is 1.83. The van der Waals surface area contributed by atoms with Gasteiger partial charge in [0.25, 0.3) is 0 Å². The van der Waals surface area contributed by atoms with Crippen LogP contribution in [0.3, 0.4) is 0 Å². The van der Waals surface area contributed by atoms with E-state index in [2.05, 4.69) is 21.0 Å². The number of likely N-dealkylation sites (tertiary alicyclic amines) is 1. The van der Waals surface area contributed by atoms with Crippen molar-refractivity contribution in [3.63, 3.8) is 0 Å². The lowest BCUT2D eigenvalue weighted by molar-refractivity contribution is -0.144. The number of rotatable bonds is 2. The molecule has 1 saturated carbocycles. The van der Waals surface area contributed by atoms with E-state index in [1.54, 1.807) is 6.20 Å². The molecule has 1 aromatic heterocycles. The Hall–Kier alpha value is -0.840. The molecule has 1 amide bonds. The second-order valence-corrected chi connectivity index (χ2v) is 5.58. The summed E-state index contributed by atoms with van der Waals surface area (Å²) in [4.78, 5) is 13.8. The lowest BCUT2D eigenvalue weighted by atomic mass is 9.83. The Morgan fingerprint density at radius 1 is 1.44 bits per heavy atom.